The third kappa shape index (κ3) is 5.16. The number of nitrogens with two attached hydrogens (primary N) is 1. The zero-order valence-electron chi connectivity index (χ0n) is 21.2. The molecule has 39 heavy (non-hydrogen) atoms. The van der Waals surface area contributed by atoms with Crippen LogP contribution in [0.25, 0.3) is 28.3 Å². The summed E-state index contributed by atoms with van der Waals surface area (Å²) in [6.07, 6.45) is 4.98. The molecule has 1 fully saturated rings. The molecule has 6 rings (SSSR count). The van der Waals surface area contributed by atoms with Crippen LogP contribution in [0.2, 0.25) is 0 Å². The number of amides is 1. The smallest absolute Gasteiger partial charge is 0.410 e. The van der Waals surface area contributed by atoms with E-state index < -0.39 is 0 Å². The predicted molar refractivity (Wildman–Crippen MR) is 146 cm³/mol. The molecule has 0 unspecified atom stereocenters. The summed E-state index contributed by atoms with van der Waals surface area (Å²) in [5.74, 6) is 0.142. The normalized spacial score (nSPS) is 14.0. The van der Waals surface area contributed by atoms with Crippen LogP contribution in [0.3, 0.4) is 0 Å². The summed E-state index contributed by atoms with van der Waals surface area (Å²) in [6.45, 7) is 1.53. The second-order valence-electron chi connectivity index (χ2n) is 9.61. The third-order valence-corrected chi connectivity index (χ3v) is 7.11. The van der Waals surface area contributed by atoms with Crippen LogP contribution in [0.5, 0.6) is 0 Å². The topological polar surface area (TPSA) is 98.6 Å². The molecule has 8 nitrogen and oxygen atoms in total. The molecule has 0 atom stereocenters. The highest BCUT2D eigenvalue weighted by molar-refractivity contribution is 5.80. The van der Waals surface area contributed by atoms with Crippen LogP contribution in [-0.4, -0.2) is 43.4 Å². The zero-order valence-corrected chi connectivity index (χ0v) is 21.2. The first-order valence-corrected chi connectivity index (χ1v) is 12.9. The average Bonchev–Trinajstić information content (AvgIpc) is 3.36. The second-order valence-corrected chi connectivity index (χ2v) is 9.61. The molecule has 196 valence electrons. The minimum Gasteiger partial charge on any atom is -0.445 e. The zero-order chi connectivity index (χ0) is 26.8. The van der Waals surface area contributed by atoms with Gasteiger partial charge in [0.15, 0.2) is 0 Å². The highest BCUT2D eigenvalue weighted by Gasteiger charge is 2.26. The molecule has 1 aliphatic rings. The number of piperidine rings is 1. The van der Waals surface area contributed by atoms with Crippen molar-refractivity contribution in [2.75, 3.05) is 18.8 Å². The number of rotatable bonds is 5. The molecule has 2 aromatic carbocycles. The summed E-state index contributed by atoms with van der Waals surface area (Å²) >= 11 is 0. The summed E-state index contributed by atoms with van der Waals surface area (Å²) in [5, 5.41) is 0. The van der Waals surface area contributed by atoms with Gasteiger partial charge in [0.2, 0.25) is 5.95 Å². The van der Waals surface area contributed by atoms with E-state index in [0.29, 0.717) is 24.5 Å². The van der Waals surface area contributed by atoms with Gasteiger partial charge >= 0.3 is 6.09 Å². The number of carbonyl (C=O) groups is 1. The van der Waals surface area contributed by atoms with Crippen molar-refractivity contribution in [1.82, 2.24) is 24.3 Å². The number of hydrogen-bond acceptors (Lipinski definition) is 6. The summed E-state index contributed by atoms with van der Waals surface area (Å²) in [6, 6.07) is 21.9. The Morgan fingerprint density at radius 3 is 2.51 bits per heavy atom. The molecule has 1 aliphatic heterocycles. The van der Waals surface area contributed by atoms with Crippen molar-refractivity contribution in [3.8, 4) is 22.6 Å². The van der Waals surface area contributed by atoms with Gasteiger partial charge < -0.3 is 15.4 Å². The van der Waals surface area contributed by atoms with E-state index in [0.717, 1.165) is 40.9 Å². The SMILES string of the molecule is Nc1nccc(-c2c(-c3ccc(F)cc3)nc3cc(C4CCN(C(=O)OCc5ccccc5)CC4)ccn23)n1. The Labute approximate surface area is 224 Å². The van der Waals surface area contributed by atoms with Gasteiger partial charge in [-0.15, -0.1) is 0 Å². The lowest BCUT2D eigenvalue weighted by molar-refractivity contribution is 0.0870. The number of likely N-dealkylation sites (tertiary alicyclic amines) is 1. The first kappa shape index (κ1) is 24.5. The molecule has 0 aliphatic carbocycles. The second kappa shape index (κ2) is 10.5. The molecule has 3 aromatic heterocycles. The highest BCUT2D eigenvalue weighted by Crippen LogP contribution is 2.35. The minimum atomic E-state index is -0.312. The van der Waals surface area contributed by atoms with Crippen molar-refractivity contribution in [3.63, 3.8) is 0 Å². The summed E-state index contributed by atoms with van der Waals surface area (Å²) in [5.41, 5.74) is 11.6. The van der Waals surface area contributed by atoms with Crippen LogP contribution in [0.1, 0.15) is 29.9 Å². The van der Waals surface area contributed by atoms with E-state index in [4.69, 9.17) is 15.5 Å². The molecule has 9 heteroatoms. The van der Waals surface area contributed by atoms with Gasteiger partial charge in [0.25, 0.3) is 0 Å². The van der Waals surface area contributed by atoms with Gasteiger partial charge in [-0.25, -0.2) is 24.1 Å². The number of halogens is 1. The van der Waals surface area contributed by atoms with Crippen molar-refractivity contribution < 1.29 is 13.9 Å². The monoisotopic (exact) mass is 522 g/mol. The number of hydrogen-bond donors (Lipinski definition) is 1. The molecular formula is C30H27FN6O2. The van der Waals surface area contributed by atoms with Gasteiger partial charge in [0.05, 0.1) is 17.1 Å². The lowest BCUT2D eigenvalue weighted by atomic mass is 9.90. The van der Waals surface area contributed by atoms with Crippen LogP contribution in [0.4, 0.5) is 15.1 Å². The van der Waals surface area contributed by atoms with E-state index >= 15 is 0 Å². The number of aromatic nitrogens is 4. The number of imidazole rings is 1. The fraction of sp³-hybridized carbons (Fsp3) is 0.200. The van der Waals surface area contributed by atoms with Crippen molar-refractivity contribution >= 4 is 17.7 Å². The van der Waals surface area contributed by atoms with Crippen LogP contribution < -0.4 is 5.73 Å². The lowest BCUT2D eigenvalue weighted by Crippen LogP contribution is -2.38. The molecular weight excluding hydrogens is 495 g/mol. The maximum absolute atomic E-state index is 13.6. The Hall–Kier alpha value is -4.79. The Balaban J connectivity index is 1.23. The fourth-order valence-corrected chi connectivity index (χ4v) is 5.08. The van der Waals surface area contributed by atoms with Crippen LogP contribution in [0.15, 0.2) is 85.2 Å². The van der Waals surface area contributed by atoms with Gasteiger partial charge in [0, 0.05) is 31.0 Å². The number of fused-ring (bicyclic) bond motifs is 1. The van der Waals surface area contributed by atoms with E-state index in [1.54, 1.807) is 29.3 Å². The molecule has 4 heterocycles. The molecule has 1 amide bonds. The van der Waals surface area contributed by atoms with Crippen LogP contribution >= 0.6 is 0 Å². The molecule has 0 radical (unpaired) electrons. The molecule has 2 N–H and O–H groups in total. The maximum Gasteiger partial charge on any atom is 0.410 e. The first-order valence-electron chi connectivity index (χ1n) is 12.9. The van der Waals surface area contributed by atoms with Crippen molar-refractivity contribution in [2.24, 2.45) is 0 Å². The third-order valence-electron chi connectivity index (χ3n) is 7.11. The van der Waals surface area contributed by atoms with Gasteiger partial charge in [0.1, 0.15) is 18.1 Å². The summed E-state index contributed by atoms with van der Waals surface area (Å²) in [7, 11) is 0. The number of ether oxygens (including phenoxy) is 1. The van der Waals surface area contributed by atoms with Crippen LogP contribution in [-0.2, 0) is 11.3 Å². The molecule has 1 saturated heterocycles. The number of anilines is 1. The molecule has 0 bridgehead atoms. The quantitative estimate of drug-likeness (QED) is 0.318. The van der Waals surface area contributed by atoms with Gasteiger partial charge in [-0.05, 0) is 72.4 Å². The van der Waals surface area contributed by atoms with E-state index in [-0.39, 0.29) is 30.4 Å². The van der Waals surface area contributed by atoms with Gasteiger partial charge in [-0.1, -0.05) is 30.3 Å². The lowest BCUT2D eigenvalue weighted by Gasteiger charge is -2.31. The molecule has 0 saturated carbocycles. The van der Waals surface area contributed by atoms with E-state index in [1.807, 2.05) is 40.9 Å². The largest absolute Gasteiger partial charge is 0.445 e. The standard InChI is InChI=1S/C30H27FN6O2/c31-24-8-6-22(7-9-24)27-28(25-10-14-33-29(32)34-25)37-17-13-23(18-26(37)35-27)21-11-15-36(16-12-21)30(38)39-19-20-4-2-1-3-5-20/h1-10,13-14,17-18,21H,11-12,15-16,19H2,(H2,32,33,34). The van der Waals surface area contributed by atoms with Crippen molar-refractivity contribution in [1.29, 1.82) is 0 Å². The van der Waals surface area contributed by atoms with Crippen LogP contribution in [0, 0.1) is 5.82 Å². The fourth-order valence-electron chi connectivity index (χ4n) is 5.08. The minimum absolute atomic E-state index is 0.165. The number of benzene rings is 2. The van der Waals surface area contributed by atoms with Gasteiger partial charge in [-0.3, -0.25) is 4.40 Å². The van der Waals surface area contributed by atoms with E-state index in [1.165, 1.54) is 12.1 Å². The van der Waals surface area contributed by atoms with E-state index in [9.17, 15) is 9.18 Å². The van der Waals surface area contributed by atoms with Crippen molar-refractivity contribution in [3.05, 3.63) is 102 Å². The van der Waals surface area contributed by atoms with E-state index in [2.05, 4.69) is 22.1 Å². The molecule has 5 aromatic rings. The predicted octanol–water partition coefficient (Wildman–Crippen LogP) is 5.70. The Bertz CT molecular complexity index is 1610. The Kier molecular flexibility index (Phi) is 6.62. The number of pyridine rings is 1. The highest BCUT2D eigenvalue weighted by atomic mass is 19.1. The Morgan fingerprint density at radius 1 is 1.00 bits per heavy atom. The summed E-state index contributed by atoms with van der Waals surface area (Å²) < 4.78 is 21.1. The average molecular weight is 523 g/mol. The number of carbonyl (C=O) groups excluding carboxylic acids is 1. The van der Waals surface area contributed by atoms with Gasteiger partial charge in [-0.2, -0.15) is 0 Å². The van der Waals surface area contributed by atoms with Crippen molar-refractivity contribution in [2.45, 2.75) is 25.4 Å². The maximum atomic E-state index is 13.6. The first-order chi connectivity index (χ1) is 19.0. The number of nitrogens with zero attached hydrogens (tertiary/aromatic N) is 5. The molecule has 0 spiro atoms. The Morgan fingerprint density at radius 2 is 1.77 bits per heavy atom. The number of nitrogen functional groups attached to an aromatic ring is 1. The summed E-state index contributed by atoms with van der Waals surface area (Å²) in [4.78, 5) is 27.7.